The standard InChI is InChI=1S/C17H25N3O6S2/c1-17(2)12-27(22,23)20(16(17)21)13-5-6-14(26-4)15(11-13)28(24,25)19-9-7-18(3)8-10-19/h5-6,11H,7-10,12H2,1-4H3. The second-order valence-corrected chi connectivity index (χ2v) is 11.5. The van der Waals surface area contributed by atoms with Crippen LogP contribution in [0, 0.1) is 5.41 Å². The summed E-state index contributed by atoms with van der Waals surface area (Å²) in [6.45, 7) is 4.93. The van der Waals surface area contributed by atoms with E-state index in [1.807, 2.05) is 11.9 Å². The fraction of sp³-hybridized carbons (Fsp3) is 0.588. The zero-order chi connectivity index (χ0) is 20.9. The van der Waals surface area contributed by atoms with E-state index in [1.54, 1.807) is 13.8 Å². The van der Waals surface area contributed by atoms with E-state index < -0.39 is 31.4 Å². The summed E-state index contributed by atoms with van der Waals surface area (Å²) < 4.78 is 58.7. The molecule has 0 N–H and O–H groups in total. The number of likely N-dealkylation sites (N-methyl/N-ethyl adjacent to an activating group) is 1. The first-order chi connectivity index (χ1) is 12.9. The minimum atomic E-state index is -3.91. The number of carbonyl (C=O) groups is 1. The van der Waals surface area contributed by atoms with E-state index in [4.69, 9.17) is 4.74 Å². The van der Waals surface area contributed by atoms with Gasteiger partial charge in [-0.05, 0) is 39.1 Å². The lowest BCUT2D eigenvalue weighted by Crippen LogP contribution is -2.47. The Morgan fingerprint density at radius 2 is 1.71 bits per heavy atom. The van der Waals surface area contributed by atoms with Crippen LogP contribution >= 0.6 is 0 Å². The second-order valence-electron chi connectivity index (χ2n) is 7.75. The molecule has 2 saturated heterocycles. The quantitative estimate of drug-likeness (QED) is 0.677. The Kier molecular flexibility index (Phi) is 5.24. The molecular weight excluding hydrogens is 406 g/mol. The van der Waals surface area contributed by atoms with Crippen LogP contribution in [0.25, 0.3) is 0 Å². The summed E-state index contributed by atoms with van der Waals surface area (Å²) in [6, 6.07) is 3.98. The molecule has 1 amide bonds. The van der Waals surface area contributed by atoms with Gasteiger partial charge in [-0.25, -0.2) is 21.1 Å². The maximum absolute atomic E-state index is 13.2. The summed E-state index contributed by atoms with van der Waals surface area (Å²) in [5.41, 5.74) is -1.07. The number of hydrogen-bond donors (Lipinski definition) is 0. The van der Waals surface area contributed by atoms with Crippen LogP contribution in [0.3, 0.4) is 0 Å². The van der Waals surface area contributed by atoms with Crippen LogP contribution in [-0.2, 0) is 24.8 Å². The Bertz CT molecular complexity index is 996. The second kappa shape index (κ2) is 6.97. The highest BCUT2D eigenvalue weighted by atomic mass is 32.2. The molecule has 2 heterocycles. The molecule has 0 radical (unpaired) electrons. The summed E-state index contributed by atoms with van der Waals surface area (Å²) >= 11 is 0. The summed E-state index contributed by atoms with van der Waals surface area (Å²) in [6.07, 6.45) is 0. The molecule has 2 aliphatic heterocycles. The summed E-state index contributed by atoms with van der Waals surface area (Å²) in [5, 5.41) is 0. The number of nitrogens with zero attached hydrogens (tertiary/aromatic N) is 3. The Morgan fingerprint density at radius 1 is 1.11 bits per heavy atom. The molecular formula is C17H25N3O6S2. The molecule has 0 bridgehead atoms. The van der Waals surface area contributed by atoms with Crippen LogP contribution < -0.4 is 9.04 Å². The predicted molar refractivity (Wildman–Crippen MR) is 104 cm³/mol. The average molecular weight is 432 g/mol. The van der Waals surface area contributed by atoms with E-state index >= 15 is 0 Å². The van der Waals surface area contributed by atoms with Crippen molar-refractivity contribution < 1.29 is 26.4 Å². The van der Waals surface area contributed by atoms with E-state index in [0.717, 1.165) is 0 Å². The van der Waals surface area contributed by atoms with Crippen LogP contribution in [-0.4, -0.2) is 78.0 Å². The van der Waals surface area contributed by atoms with Gasteiger partial charge in [0, 0.05) is 26.2 Å². The van der Waals surface area contributed by atoms with E-state index in [2.05, 4.69) is 0 Å². The normalized spacial score (nSPS) is 23.1. The highest BCUT2D eigenvalue weighted by Crippen LogP contribution is 2.38. The zero-order valence-corrected chi connectivity index (χ0v) is 18.0. The lowest BCUT2D eigenvalue weighted by atomic mass is 9.95. The van der Waals surface area contributed by atoms with Crippen molar-refractivity contribution >= 4 is 31.6 Å². The Hall–Kier alpha value is -1.69. The van der Waals surface area contributed by atoms with Crippen molar-refractivity contribution in [2.75, 3.05) is 50.4 Å². The van der Waals surface area contributed by atoms with Crippen molar-refractivity contribution in [1.29, 1.82) is 0 Å². The van der Waals surface area contributed by atoms with E-state index in [-0.39, 0.29) is 22.1 Å². The van der Waals surface area contributed by atoms with Gasteiger partial charge in [-0.3, -0.25) is 4.79 Å². The molecule has 0 atom stereocenters. The number of benzene rings is 1. The van der Waals surface area contributed by atoms with Gasteiger partial charge in [-0.2, -0.15) is 4.31 Å². The molecule has 28 heavy (non-hydrogen) atoms. The number of amides is 1. The van der Waals surface area contributed by atoms with E-state index in [1.165, 1.54) is 29.6 Å². The number of sulfonamides is 2. The maximum atomic E-state index is 13.2. The van der Waals surface area contributed by atoms with Gasteiger partial charge >= 0.3 is 0 Å². The number of hydrogen-bond acceptors (Lipinski definition) is 7. The lowest BCUT2D eigenvalue weighted by molar-refractivity contribution is -0.123. The number of rotatable bonds is 4. The topological polar surface area (TPSA) is 104 Å². The monoisotopic (exact) mass is 431 g/mol. The smallest absolute Gasteiger partial charge is 0.247 e. The first-order valence-corrected chi connectivity index (χ1v) is 11.9. The highest BCUT2D eigenvalue weighted by molar-refractivity contribution is 7.94. The fourth-order valence-electron chi connectivity index (χ4n) is 3.42. The maximum Gasteiger partial charge on any atom is 0.247 e. The molecule has 1 aromatic rings. The SMILES string of the molecule is COc1ccc(N2C(=O)C(C)(C)CS2(=O)=O)cc1S(=O)(=O)N1CCN(C)CC1. The minimum Gasteiger partial charge on any atom is -0.495 e. The van der Waals surface area contributed by atoms with Crippen molar-refractivity contribution in [2.45, 2.75) is 18.7 Å². The number of methoxy groups -OCH3 is 1. The van der Waals surface area contributed by atoms with Crippen LogP contribution in [0.5, 0.6) is 5.75 Å². The van der Waals surface area contributed by atoms with Gasteiger partial charge in [0.2, 0.25) is 26.0 Å². The molecule has 2 aliphatic rings. The molecule has 0 aliphatic carbocycles. The molecule has 9 nitrogen and oxygen atoms in total. The number of ether oxygens (including phenoxy) is 1. The Labute approximate surface area is 166 Å². The molecule has 1 aromatic carbocycles. The van der Waals surface area contributed by atoms with Crippen LogP contribution in [0.2, 0.25) is 0 Å². The van der Waals surface area contributed by atoms with Crippen LogP contribution in [0.1, 0.15) is 13.8 Å². The fourth-order valence-corrected chi connectivity index (χ4v) is 7.12. The number of carbonyl (C=O) groups excluding carboxylic acids is 1. The van der Waals surface area contributed by atoms with Gasteiger partial charge in [0.25, 0.3) is 0 Å². The van der Waals surface area contributed by atoms with E-state index in [0.29, 0.717) is 30.5 Å². The predicted octanol–water partition coefficient (Wildman–Crippen LogP) is 0.334. The van der Waals surface area contributed by atoms with Crippen molar-refractivity contribution in [2.24, 2.45) is 5.41 Å². The van der Waals surface area contributed by atoms with Crippen molar-refractivity contribution in [3.63, 3.8) is 0 Å². The molecule has 0 saturated carbocycles. The van der Waals surface area contributed by atoms with Gasteiger partial charge in [-0.1, -0.05) is 0 Å². The molecule has 11 heteroatoms. The third-order valence-electron chi connectivity index (χ3n) is 5.05. The van der Waals surface area contributed by atoms with Gasteiger partial charge in [0.15, 0.2) is 0 Å². The average Bonchev–Trinajstić information content (AvgIpc) is 2.77. The molecule has 0 unspecified atom stereocenters. The van der Waals surface area contributed by atoms with Crippen molar-refractivity contribution in [3.05, 3.63) is 18.2 Å². The Balaban J connectivity index is 2.08. The molecule has 156 valence electrons. The van der Waals surface area contributed by atoms with E-state index in [9.17, 15) is 21.6 Å². The molecule has 3 rings (SSSR count). The largest absolute Gasteiger partial charge is 0.495 e. The first-order valence-electron chi connectivity index (χ1n) is 8.84. The minimum absolute atomic E-state index is 0.00378. The third kappa shape index (κ3) is 3.51. The van der Waals surface area contributed by atoms with Gasteiger partial charge in [-0.15, -0.1) is 0 Å². The number of anilines is 1. The van der Waals surface area contributed by atoms with Crippen LogP contribution in [0.15, 0.2) is 23.1 Å². The first kappa shape index (κ1) is 21.0. The van der Waals surface area contributed by atoms with Crippen LogP contribution in [0.4, 0.5) is 5.69 Å². The van der Waals surface area contributed by atoms with Crippen molar-refractivity contribution in [1.82, 2.24) is 9.21 Å². The molecule has 0 aromatic heterocycles. The summed E-state index contributed by atoms with van der Waals surface area (Å²) in [7, 11) is -4.54. The lowest BCUT2D eigenvalue weighted by Gasteiger charge is -2.32. The van der Waals surface area contributed by atoms with Gasteiger partial charge in [0.05, 0.1) is 24.0 Å². The number of piperazine rings is 1. The van der Waals surface area contributed by atoms with Gasteiger partial charge in [0.1, 0.15) is 10.6 Å². The third-order valence-corrected chi connectivity index (χ3v) is 8.99. The van der Waals surface area contributed by atoms with Crippen molar-refractivity contribution in [3.8, 4) is 5.75 Å². The zero-order valence-electron chi connectivity index (χ0n) is 16.4. The highest BCUT2D eigenvalue weighted by Gasteiger charge is 2.50. The summed E-state index contributed by atoms with van der Waals surface area (Å²) in [4.78, 5) is 14.5. The van der Waals surface area contributed by atoms with Gasteiger partial charge < -0.3 is 9.64 Å². The summed E-state index contributed by atoms with van der Waals surface area (Å²) in [5.74, 6) is -0.808. The molecule has 2 fully saturated rings. The molecule has 0 spiro atoms. The Morgan fingerprint density at radius 3 is 2.21 bits per heavy atom.